The Morgan fingerprint density at radius 2 is 2.00 bits per heavy atom. The lowest BCUT2D eigenvalue weighted by Gasteiger charge is -1.99. The maximum absolute atomic E-state index is 11.6. The summed E-state index contributed by atoms with van der Waals surface area (Å²) in [6.45, 7) is 1.87. The molecule has 0 fully saturated rings. The van der Waals surface area contributed by atoms with Gasteiger partial charge in [-0.1, -0.05) is 24.3 Å². The standard InChI is InChI=1S/C11H10N2O2/c1-2-4-7-5-3-6-8-9(7)10(14)13-11(15)12-8/h2-6H,1H3,(H2,12,13,14,15). The number of H-pyrrole nitrogens is 2. The molecule has 0 unspecified atom stereocenters. The van der Waals surface area contributed by atoms with Crippen molar-refractivity contribution < 1.29 is 0 Å². The zero-order chi connectivity index (χ0) is 10.8. The SMILES string of the molecule is CC=Cc1cccc2[nH]c(=O)[nH]c(=O)c12. The maximum Gasteiger partial charge on any atom is 0.326 e. The van der Waals surface area contributed by atoms with Crippen LogP contribution in [0.1, 0.15) is 12.5 Å². The molecule has 0 aliphatic rings. The Labute approximate surface area is 85.3 Å². The van der Waals surface area contributed by atoms with Crippen molar-refractivity contribution in [3.63, 3.8) is 0 Å². The third-order valence-electron chi connectivity index (χ3n) is 2.15. The van der Waals surface area contributed by atoms with Gasteiger partial charge in [-0.3, -0.25) is 9.78 Å². The smallest absolute Gasteiger partial charge is 0.307 e. The third kappa shape index (κ3) is 1.61. The average molecular weight is 202 g/mol. The minimum Gasteiger partial charge on any atom is -0.307 e. The third-order valence-corrected chi connectivity index (χ3v) is 2.15. The number of hydrogen-bond donors (Lipinski definition) is 2. The molecular formula is C11H10N2O2. The van der Waals surface area contributed by atoms with Gasteiger partial charge in [-0.2, -0.15) is 0 Å². The number of aromatic amines is 2. The molecule has 0 atom stereocenters. The van der Waals surface area contributed by atoms with Crippen LogP contribution in [0.3, 0.4) is 0 Å². The lowest BCUT2D eigenvalue weighted by atomic mass is 10.1. The summed E-state index contributed by atoms with van der Waals surface area (Å²) < 4.78 is 0. The van der Waals surface area contributed by atoms with E-state index in [4.69, 9.17) is 0 Å². The highest BCUT2D eigenvalue weighted by Crippen LogP contribution is 2.12. The number of allylic oxidation sites excluding steroid dienone is 1. The highest BCUT2D eigenvalue weighted by atomic mass is 16.2. The molecule has 2 N–H and O–H groups in total. The van der Waals surface area contributed by atoms with E-state index in [0.717, 1.165) is 5.56 Å². The van der Waals surface area contributed by atoms with Gasteiger partial charge in [-0.05, 0) is 18.6 Å². The van der Waals surface area contributed by atoms with E-state index >= 15 is 0 Å². The van der Waals surface area contributed by atoms with Crippen LogP contribution >= 0.6 is 0 Å². The van der Waals surface area contributed by atoms with Crippen molar-refractivity contribution in [1.82, 2.24) is 9.97 Å². The summed E-state index contributed by atoms with van der Waals surface area (Å²) in [6.07, 6.45) is 3.68. The van der Waals surface area contributed by atoms with Crippen molar-refractivity contribution in [1.29, 1.82) is 0 Å². The molecule has 1 aromatic carbocycles. The lowest BCUT2D eigenvalue weighted by Crippen LogP contribution is -2.22. The summed E-state index contributed by atoms with van der Waals surface area (Å²) in [6, 6.07) is 5.34. The van der Waals surface area contributed by atoms with Crippen molar-refractivity contribution in [2.24, 2.45) is 0 Å². The zero-order valence-electron chi connectivity index (χ0n) is 8.20. The highest BCUT2D eigenvalue weighted by Gasteiger charge is 2.03. The normalized spacial score (nSPS) is 11.3. The molecule has 0 aliphatic carbocycles. The fourth-order valence-corrected chi connectivity index (χ4v) is 1.57. The molecule has 1 aromatic heterocycles. The van der Waals surface area contributed by atoms with Crippen molar-refractivity contribution in [3.05, 3.63) is 50.7 Å². The molecule has 2 rings (SSSR count). The van der Waals surface area contributed by atoms with Crippen LogP contribution in [0.4, 0.5) is 0 Å². The predicted molar refractivity (Wildman–Crippen MR) is 59.9 cm³/mol. The van der Waals surface area contributed by atoms with E-state index < -0.39 is 5.69 Å². The molecule has 0 amide bonds. The van der Waals surface area contributed by atoms with Crippen LogP contribution in [0, 0.1) is 0 Å². The minimum atomic E-state index is -0.481. The Kier molecular flexibility index (Phi) is 2.25. The number of benzene rings is 1. The molecule has 4 nitrogen and oxygen atoms in total. The maximum atomic E-state index is 11.6. The van der Waals surface area contributed by atoms with Crippen LogP contribution in [0.25, 0.3) is 17.0 Å². The van der Waals surface area contributed by atoms with E-state index in [2.05, 4.69) is 9.97 Å². The molecular weight excluding hydrogens is 192 g/mol. The quantitative estimate of drug-likeness (QED) is 0.730. The molecule has 15 heavy (non-hydrogen) atoms. The van der Waals surface area contributed by atoms with Crippen molar-refractivity contribution in [2.45, 2.75) is 6.92 Å². The van der Waals surface area contributed by atoms with Gasteiger partial charge in [-0.25, -0.2) is 4.79 Å². The van der Waals surface area contributed by atoms with Gasteiger partial charge < -0.3 is 4.98 Å². The first-order valence-corrected chi connectivity index (χ1v) is 4.60. The number of nitrogens with one attached hydrogen (secondary N) is 2. The molecule has 0 aliphatic heterocycles. The second-order valence-electron chi connectivity index (χ2n) is 3.18. The topological polar surface area (TPSA) is 65.7 Å². The molecule has 4 heteroatoms. The number of fused-ring (bicyclic) bond motifs is 1. The van der Waals surface area contributed by atoms with E-state index in [1.807, 2.05) is 25.1 Å². The Morgan fingerprint density at radius 1 is 1.20 bits per heavy atom. The van der Waals surface area contributed by atoms with E-state index in [-0.39, 0.29) is 5.56 Å². The summed E-state index contributed by atoms with van der Waals surface area (Å²) in [5.41, 5.74) is 0.513. The average Bonchev–Trinajstić information content (AvgIpc) is 2.17. The number of rotatable bonds is 1. The van der Waals surface area contributed by atoms with Crippen molar-refractivity contribution >= 4 is 17.0 Å². The van der Waals surface area contributed by atoms with Gasteiger partial charge in [0.05, 0.1) is 10.9 Å². The van der Waals surface area contributed by atoms with E-state index in [1.165, 1.54) is 0 Å². The van der Waals surface area contributed by atoms with E-state index in [1.54, 1.807) is 12.1 Å². The fourth-order valence-electron chi connectivity index (χ4n) is 1.57. The molecule has 0 saturated carbocycles. The van der Waals surface area contributed by atoms with Crippen LogP contribution in [-0.2, 0) is 0 Å². The molecule has 76 valence electrons. The Balaban J connectivity index is 2.98. The molecule has 0 bridgehead atoms. The van der Waals surface area contributed by atoms with Gasteiger partial charge in [-0.15, -0.1) is 0 Å². The Bertz CT molecular complexity index is 635. The minimum absolute atomic E-state index is 0.359. The highest BCUT2D eigenvalue weighted by molar-refractivity contribution is 5.86. The van der Waals surface area contributed by atoms with Gasteiger partial charge in [0.1, 0.15) is 0 Å². The van der Waals surface area contributed by atoms with E-state index in [9.17, 15) is 9.59 Å². The zero-order valence-corrected chi connectivity index (χ0v) is 8.20. The summed E-state index contributed by atoms with van der Waals surface area (Å²) >= 11 is 0. The summed E-state index contributed by atoms with van der Waals surface area (Å²) in [5, 5.41) is 0.509. The first-order chi connectivity index (χ1) is 7.22. The predicted octanol–water partition coefficient (Wildman–Crippen LogP) is 1.25. The van der Waals surface area contributed by atoms with Gasteiger partial charge in [0.15, 0.2) is 0 Å². The molecule has 0 spiro atoms. The van der Waals surface area contributed by atoms with Crippen LogP contribution < -0.4 is 11.2 Å². The van der Waals surface area contributed by atoms with Crippen LogP contribution in [-0.4, -0.2) is 9.97 Å². The van der Waals surface area contributed by atoms with E-state index in [0.29, 0.717) is 10.9 Å². The fraction of sp³-hybridized carbons (Fsp3) is 0.0909. The molecule has 0 saturated heterocycles. The Hall–Kier alpha value is -2.10. The molecule has 2 aromatic rings. The van der Waals surface area contributed by atoms with Gasteiger partial charge in [0.2, 0.25) is 0 Å². The van der Waals surface area contributed by atoms with Crippen molar-refractivity contribution in [2.75, 3.05) is 0 Å². The first kappa shape index (κ1) is 9.45. The molecule has 1 heterocycles. The monoisotopic (exact) mass is 202 g/mol. The second kappa shape index (κ2) is 3.57. The summed E-state index contributed by atoms with van der Waals surface area (Å²) in [5.74, 6) is 0. The summed E-state index contributed by atoms with van der Waals surface area (Å²) in [4.78, 5) is 27.4. The molecule has 0 radical (unpaired) electrons. The number of hydrogen-bond acceptors (Lipinski definition) is 2. The van der Waals surface area contributed by atoms with Crippen LogP contribution in [0.2, 0.25) is 0 Å². The van der Waals surface area contributed by atoms with Crippen LogP contribution in [0.15, 0.2) is 33.9 Å². The van der Waals surface area contributed by atoms with Gasteiger partial charge in [0, 0.05) is 0 Å². The van der Waals surface area contributed by atoms with Crippen molar-refractivity contribution in [3.8, 4) is 0 Å². The summed E-state index contributed by atoms with van der Waals surface area (Å²) in [7, 11) is 0. The van der Waals surface area contributed by atoms with Crippen LogP contribution in [0.5, 0.6) is 0 Å². The largest absolute Gasteiger partial charge is 0.326 e. The second-order valence-corrected chi connectivity index (χ2v) is 3.18. The van der Waals surface area contributed by atoms with Gasteiger partial charge in [0.25, 0.3) is 5.56 Å². The Morgan fingerprint density at radius 3 is 2.73 bits per heavy atom. The first-order valence-electron chi connectivity index (χ1n) is 4.60. The van der Waals surface area contributed by atoms with Gasteiger partial charge >= 0.3 is 5.69 Å². The lowest BCUT2D eigenvalue weighted by molar-refractivity contribution is 1.08. The number of aromatic nitrogens is 2.